The van der Waals surface area contributed by atoms with Gasteiger partial charge in [0, 0.05) is 46.0 Å². The zero-order valence-corrected chi connectivity index (χ0v) is 20.5. The number of aromatic nitrogens is 2. The zero-order chi connectivity index (χ0) is 25.7. The molecule has 6 rings (SSSR count). The smallest absolute Gasteiger partial charge is 0.231 e. The van der Waals surface area contributed by atoms with Crippen LogP contribution in [-0.4, -0.2) is 22.6 Å². The van der Waals surface area contributed by atoms with Crippen molar-refractivity contribution in [3.8, 4) is 11.5 Å². The standard InChI is InChI=1S/C25H20N4O2.C3H4.C2H4/c1-15-9-21(19-11-24-25(31-14-30-24)12-20(19)27-15)28-26-13-16-7-8-23-18(10-16)17-5-3-4-6-22(17)29(23)2;1-3-2;1-2/h3-13H,14H2,1-2H3,(H,27,28);1-2H2;1-2H2/b26-13+;;. The molecule has 0 spiro atoms. The van der Waals surface area contributed by atoms with Gasteiger partial charge in [-0.3, -0.25) is 10.4 Å². The monoisotopic (exact) mass is 476 g/mol. The van der Waals surface area contributed by atoms with E-state index in [0.717, 1.165) is 39.3 Å². The van der Waals surface area contributed by atoms with E-state index < -0.39 is 0 Å². The Morgan fingerprint density at radius 3 is 2.42 bits per heavy atom. The van der Waals surface area contributed by atoms with E-state index in [1.807, 2.05) is 31.3 Å². The van der Waals surface area contributed by atoms with Crippen molar-refractivity contribution in [1.82, 2.24) is 9.55 Å². The molecule has 180 valence electrons. The van der Waals surface area contributed by atoms with Crippen molar-refractivity contribution in [2.45, 2.75) is 6.92 Å². The number of aryl methyl sites for hydroxylation is 2. The molecule has 0 saturated carbocycles. The molecule has 6 nitrogen and oxygen atoms in total. The van der Waals surface area contributed by atoms with E-state index in [2.05, 4.69) is 102 Å². The molecular weight excluding hydrogens is 448 g/mol. The van der Waals surface area contributed by atoms with Crippen LogP contribution in [0.5, 0.6) is 11.5 Å². The number of benzene rings is 3. The van der Waals surface area contributed by atoms with Crippen LogP contribution in [0.25, 0.3) is 32.7 Å². The van der Waals surface area contributed by atoms with Crippen LogP contribution in [0.3, 0.4) is 0 Å². The molecule has 0 aliphatic carbocycles. The summed E-state index contributed by atoms with van der Waals surface area (Å²) in [6, 6.07) is 20.7. The lowest BCUT2D eigenvalue weighted by Crippen LogP contribution is -1.95. The quantitative estimate of drug-likeness (QED) is 0.130. The molecule has 0 amide bonds. The van der Waals surface area contributed by atoms with Gasteiger partial charge in [-0.25, -0.2) is 0 Å². The number of hydrazone groups is 1. The Balaban J connectivity index is 0.000000569. The summed E-state index contributed by atoms with van der Waals surface area (Å²) in [6.45, 7) is 14.5. The molecular formula is C30H28N4O2. The Kier molecular flexibility index (Phi) is 7.19. The highest BCUT2D eigenvalue weighted by atomic mass is 16.7. The number of nitrogens with zero attached hydrogens (tertiary/aromatic N) is 3. The summed E-state index contributed by atoms with van der Waals surface area (Å²) < 4.78 is 13.2. The van der Waals surface area contributed by atoms with Gasteiger partial charge in [0.1, 0.15) is 0 Å². The van der Waals surface area contributed by atoms with Gasteiger partial charge >= 0.3 is 0 Å². The molecule has 1 N–H and O–H groups in total. The first kappa shape index (κ1) is 24.3. The van der Waals surface area contributed by atoms with E-state index in [-0.39, 0.29) is 6.79 Å². The second kappa shape index (κ2) is 10.6. The number of hydrogen-bond donors (Lipinski definition) is 1. The van der Waals surface area contributed by atoms with Gasteiger partial charge in [-0.05, 0) is 42.8 Å². The first-order valence-corrected chi connectivity index (χ1v) is 11.4. The van der Waals surface area contributed by atoms with Crippen LogP contribution < -0.4 is 14.9 Å². The Hall–Kier alpha value is -4.80. The van der Waals surface area contributed by atoms with Crippen LogP contribution in [0.15, 0.2) is 97.8 Å². The topological polar surface area (TPSA) is 60.7 Å². The van der Waals surface area contributed by atoms with E-state index in [9.17, 15) is 0 Å². The molecule has 2 aromatic heterocycles. The fraction of sp³-hybridized carbons (Fsp3) is 0.100. The molecule has 0 bridgehead atoms. The third kappa shape index (κ3) is 4.58. The van der Waals surface area contributed by atoms with Crippen molar-refractivity contribution in [2.75, 3.05) is 12.2 Å². The Morgan fingerprint density at radius 1 is 0.944 bits per heavy atom. The van der Waals surface area contributed by atoms with E-state index in [1.165, 1.54) is 21.8 Å². The van der Waals surface area contributed by atoms with E-state index >= 15 is 0 Å². The third-order valence-electron chi connectivity index (χ3n) is 5.77. The van der Waals surface area contributed by atoms with E-state index in [0.29, 0.717) is 0 Å². The lowest BCUT2D eigenvalue weighted by molar-refractivity contribution is 0.174. The summed E-state index contributed by atoms with van der Waals surface area (Å²) in [6.07, 6.45) is 1.84. The minimum Gasteiger partial charge on any atom is -0.454 e. The van der Waals surface area contributed by atoms with Gasteiger partial charge in [0.2, 0.25) is 6.79 Å². The third-order valence-corrected chi connectivity index (χ3v) is 5.77. The number of anilines is 1. The van der Waals surface area contributed by atoms with E-state index in [4.69, 9.17) is 9.47 Å². The zero-order valence-electron chi connectivity index (χ0n) is 20.5. The predicted molar refractivity (Wildman–Crippen MR) is 150 cm³/mol. The van der Waals surface area contributed by atoms with Gasteiger partial charge in [-0.2, -0.15) is 5.10 Å². The van der Waals surface area contributed by atoms with Crippen molar-refractivity contribution >= 4 is 44.6 Å². The van der Waals surface area contributed by atoms with Crippen molar-refractivity contribution in [3.63, 3.8) is 0 Å². The summed E-state index contributed by atoms with van der Waals surface area (Å²) in [5, 5.41) is 7.92. The highest BCUT2D eigenvalue weighted by Crippen LogP contribution is 2.38. The lowest BCUT2D eigenvalue weighted by Gasteiger charge is -2.08. The summed E-state index contributed by atoms with van der Waals surface area (Å²) in [5.41, 5.74) is 11.5. The first-order chi connectivity index (χ1) is 17.6. The molecule has 3 aromatic carbocycles. The molecule has 0 atom stereocenters. The van der Waals surface area contributed by atoms with Crippen molar-refractivity contribution in [2.24, 2.45) is 12.1 Å². The molecule has 1 aliphatic heterocycles. The fourth-order valence-corrected chi connectivity index (χ4v) is 4.28. The van der Waals surface area contributed by atoms with Crippen LogP contribution in [0.1, 0.15) is 11.3 Å². The Labute approximate surface area is 210 Å². The van der Waals surface area contributed by atoms with Crippen molar-refractivity contribution < 1.29 is 9.47 Å². The minimum atomic E-state index is 0.238. The number of fused-ring (bicyclic) bond motifs is 5. The van der Waals surface area contributed by atoms with Crippen LogP contribution in [-0.2, 0) is 7.05 Å². The predicted octanol–water partition coefficient (Wildman–Crippen LogP) is 7.12. The lowest BCUT2D eigenvalue weighted by atomic mass is 10.1. The van der Waals surface area contributed by atoms with Crippen LogP contribution >= 0.6 is 0 Å². The molecule has 0 fully saturated rings. The maximum Gasteiger partial charge on any atom is 0.231 e. The second-order valence-electron chi connectivity index (χ2n) is 8.01. The maximum atomic E-state index is 5.53. The van der Waals surface area contributed by atoms with Crippen LogP contribution in [0.4, 0.5) is 5.69 Å². The number of hydrogen-bond acceptors (Lipinski definition) is 5. The molecule has 0 radical (unpaired) electrons. The highest BCUT2D eigenvalue weighted by molar-refractivity contribution is 6.09. The van der Waals surface area contributed by atoms with Gasteiger partial charge in [-0.1, -0.05) is 37.4 Å². The van der Waals surface area contributed by atoms with Gasteiger partial charge in [-0.15, -0.1) is 18.9 Å². The molecule has 6 heteroatoms. The number of ether oxygens (including phenoxy) is 2. The number of pyridine rings is 1. The maximum absolute atomic E-state index is 5.53. The van der Waals surface area contributed by atoms with Crippen LogP contribution in [0.2, 0.25) is 0 Å². The molecule has 3 heterocycles. The van der Waals surface area contributed by atoms with Crippen LogP contribution in [0, 0.1) is 6.92 Å². The largest absolute Gasteiger partial charge is 0.454 e. The van der Waals surface area contributed by atoms with Crippen molar-refractivity contribution in [1.29, 1.82) is 0 Å². The average molecular weight is 477 g/mol. The normalized spacial score (nSPS) is 11.6. The summed E-state index contributed by atoms with van der Waals surface area (Å²) in [5.74, 6) is 1.45. The van der Waals surface area contributed by atoms with Crippen molar-refractivity contribution in [3.05, 3.63) is 104 Å². The van der Waals surface area contributed by atoms with Gasteiger partial charge in [0.25, 0.3) is 0 Å². The molecule has 5 aromatic rings. The SMILES string of the molecule is C=C.C=C=C.Cc1cc(N/N=C/c2ccc3c(c2)c2ccccc2n3C)c2cc3c(cc2n1)OCO3. The summed E-state index contributed by atoms with van der Waals surface area (Å²) in [4.78, 5) is 4.62. The minimum absolute atomic E-state index is 0.238. The van der Waals surface area contributed by atoms with Gasteiger partial charge in [0.15, 0.2) is 11.5 Å². The highest BCUT2D eigenvalue weighted by Gasteiger charge is 2.16. The average Bonchev–Trinajstić information content (AvgIpc) is 3.46. The number of rotatable bonds is 3. The summed E-state index contributed by atoms with van der Waals surface area (Å²) in [7, 11) is 2.10. The van der Waals surface area contributed by atoms with Gasteiger partial charge < -0.3 is 14.0 Å². The summed E-state index contributed by atoms with van der Waals surface area (Å²) >= 11 is 0. The van der Waals surface area contributed by atoms with E-state index in [1.54, 1.807) is 0 Å². The Morgan fingerprint density at radius 2 is 1.64 bits per heavy atom. The molecule has 0 saturated heterocycles. The number of para-hydroxylation sites is 1. The molecule has 1 aliphatic rings. The second-order valence-corrected chi connectivity index (χ2v) is 8.01. The fourth-order valence-electron chi connectivity index (χ4n) is 4.28. The molecule has 36 heavy (non-hydrogen) atoms. The number of nitrogens with one attached hydrogen (secondary N) is 1. The Bertz CT molecular complexity index is 1630. The first-order valence-electron chi connectivity index (χ1n) is 11.4. The molecule has 0 unspecified atom stereocenters. The van der Waals surface area contributed by atoms with Gasteiger partial charge in [0.05, 0.1) is 17.4 Å².